The Kier molecular flexibility index (Phi) is 4.71. The predicted octanol–water partition coefficient (Wildman–Crippen LogP) is 4.05. The summed E-state index contributed by atoms with van der Waals surface area (Å²) in [6, 6.07) is 17.5. The zero-order valence-electron chi connectivity index (χ0n) is 14.0. The SMILES string of the molecule is CCC[C@H](C)S(=O)(=O)c1nc2ccccc2n1Cc1ccccc1. The van der Waals surface area contributed by atoms with E-state index in [-0.39, 0.29) is 5.16 Å². The van der Waals surface area contributed by atoms with E-state index in [1.807, 2.05) is 66.1 Å². The van der Waals surface area contributed by atoms with Crippen LogP contribution in [0.4, 0.5) is 0 Å². The van der Waals surface area contributed by atoms with Crippen LogP contribution >= 0.6 is 0 Å². The van der Waals surface area contributed by atoms with Gasteiger partial charge in [-0.1, -0.05) is 55.8 Å². The highest BCUT2D eigenvalue weighted by atomic mass is 32.2. The molecule has 24 heavy (non-hydrogen) atoms. The molecule has 0 radical (unpaired) electrons. The van der Waals surface area contributed by atoms with Crippen LogP contribution in [-0.4, -0.2) is 23.2 Å². The largest absolute Gasteiger partial charge is 0.310 e. The Morgan fingerprint density at radius 3 is 2.42 bits per heavy atom. The number of fused-ring (bicyclic) bond motifs is 1. The number of imidazole rings is 1. The highest BCUT2D eigenvalue weighted by Gasteiger charge is 2.29. The molecule has 0 fully saturated rings. The average molecular weight is 342 g/mol. The zero-order valence-corrected chi connectivity index (χ0v) is 14.8. The van der Waals surface area contributed by atoms with Crippen molar-refractivity contribution < 1.29 is 8.42 Å². The zero-order chi connectivity index (χ0) is 17.2. The minimum absolute atomic E-state index is 0.175. The highest BCUT2D eigenvalue weighted by Crippen LogP contribution is 2.25. The van der Waals surface area contributed by atoms with E-state index >= 15 is 0 Å². The van der Waals surface area contributed by atoms with Crippen molar-refractivity contribution in [1.29, 1.82) is 0 Å². The van der Waals surface area contributed by atoms with Crippen molar-refractivity contribution >= 4 is 20.9 Å². The summed E-state index contributed by atoms with van der Waals surface area (Å²) in [7, 11) is -3.46. The van der Waals surface area contributed by atoms with Gasteiger partial charge in [-0.15, -0.1) is 0 Å². The van der Waals surface area contributed by atoms with E-state index in [0.717, 1.165) is 23.0 Å². The summed E-state index contributed by atoms with van der Waals surface area (Å²) in [5.74, 6) is 0. The molecule has 1 atom stereocenters. The van der Waals surface area contributed by atoms with Crippen LogP contribution in [0.1, 0.15) is 32.3 Å². The molecule has 0 aliphatic carbocycles. The Labute approximate surface area is 143 Å². The summed E-state index contributed by atoms with van der Waals surface area (Å²) in [5, 5.41) is -0.262. The molecule has 1 aromatic heterocycles. The van der Waals surface area contributed by atoms with Crippen LogP contribution < -0.4 is 0 Å². The van der Waals surface area contributed by atoms with Gasteiger partial charge in [0.2, 0.25) is 15.0 Å². The molecule has 0 spiro atoms. The second kappa shape index (κ2) is 6.77. The maximum Gasteiger partial charge on any atom is 0.229 e. The smallest absolute Gasteiger partial charge is 0.229 e. The number of aromatic nitrogens is 2. The molecule has 0 amide bonds. The van der Waals surface area contributed by atoms with Crippen molar-refractivity contribution in [2.24, 2.45) is 0 Å². The summed E-state index contributed by atoms with van der Waals surface area (Å²) in [4.78, 5) is 4.46. The number of nitrogens with zero attached hydrogens (tertiary/aromatic N) is 2. The molecule has 3 aromatic rings. The fourth-order valence-electron chi connectivity index (χ4n) is 2.93. The lowest BCUT2D eigenvalue weighted by Crippen LogP contribution is -2.22. The number of sulfone groups is 1. The third-order valence-corrected chi connectivity index (χ3v) is 6.40. The Hall–Kier alpha value is -2.14. The van der Waals surface area contributed by atoms with Crippen molar-refractivity contribution in [3.8, 4) is 0 Å². The first-order valence-corrected chi connectivity index (χ1v) is 9.81. The van der Waals surface area contributed by atoms with E-state index in [1.54, 1.807) is 6.92 Å². The molecule has 5 heteroatoms. The minimum Gasteiger partial charge on any atom is -0.310 e. The summed E-state index contributed by atoms with van der Waals surface area (Å²) in [6.07, 6.45) is 1.47. The molecule has 0 N–H and O–H groups in total. The second-order valence-corrected chi connectivity index (χ2v) is 8.36. The van der Waals surface area contributed by atoms with Crippen molar-refractivity contribution in [1.82, 2.24) is 9.55 Å². The van der Waals surface area contributed by atoms with Crippen molar-refractivity contribution in [3.63, 3.8) is 0 Å². The summed E-state index contributed by atoms with van der Waals surface area (Å²) >= 11 is 0. The summed E-state index contributed by atoms with van der Waals surface area (Å²) < 4.78 is 27.9. The minimum atomic E-state index is -3.46. The summed E-state index contributed by atoms with van der Waals surface area (Å²) in [5.41, 5.74) is 2.62. The van der Waals surface area contributed by atoms with Crippen molar-refractivity contribution in [2.75, 3.05) is 0 Å². The van der Waals surface area contributed by atoms with E-state index in [4.69, 9.17) is 0 Å². The lowest BCUT2D eigenvalue weighted by atomic mass is 10.2. The van der Waals surface area contributed by atoms with Crippen LogP contribution in [0.3, 0.4) is 0 Å². The predicted molar refractivity (Wildman–Crippen MR) is 96.8 cm³/mol. The van der Waals surface area contributed by atoms with E-state index in [0.29, 0.717) is 13.0 Å². The fraction of sp³-hybridized carbons (Fsp3) is 0.316. The van der Waals surface area contributed by atoms with E-state index in [1.165, 1.54) is 0 Å². The number of benzene rings is 2. The Morgan fingerprint density at radius 2 is 1.71 bits per heavy atom. The number of hydrogen-bond donors (Lipinski definition) is 0. The first kappa shape index (κ1) is 16.7. The third kappa shape index (κ3) is 3.08. The van der Waals surface area contributed by atoms with Crippen LogP contribution in [-0.2, 0) is 16.4 Å². The van der Waals surface area contributed by atoms with Gasteiger partial charge in [0.15, 0.2) is 0 Å². The van der Waals surface area contributed by atoms with Gasteiger partial charge in [-0.2, -0.15) is 0 Å². The van der Waals surface area contributed by atoms with Gasteiger partial charge in [-0.25, -0.2) is 13.4 Å². The molecule has 0 unspecified atom stereocenters. The second-order valence-electron chi connectivity index (χ2n) is 6.10. The van der Waals surface area contributed by atoms with Crippen molar-refractivity contribution in [2.45, 2.75) is 43.6 Å². The van der Waals surface area contributed by atoms with Crippen LogP contribution in [0.2, 0.25) is 0 Å². The Balaban J connectivity index is 2.15. The van der Waals surface area contributed by atoms with Gasteiger partial charge in [0.05, 0.1) is 22.8 Å². The molecular weight excluding hydrogens is 320 g/mol. The molecular formula is C19H22N2O2S. The molecule has 126 valence electrons. The summed E-state index contributed by atoms with van der Waals surface area (Å²) in [6.45, 7) is 4.26. The lowest BCUT2D eigenvalue weighted by molar-refractivity contribution is 0.556. The topological polar surface area (TPSA) is 52.0 Å². The third-order valence-electron chi connectivity index (χ3n) is 4.28. The van der Waals surface area contributed by atoms with Gasteiger partial charge in [0.25, 0.3) is 0 Å². The van der Waals surface area contributed by atoms with Gasteiger partial charge in [-0.3, -0.25) is 0 Å². The molecule has 0 saturated heterocycles. The molecule has 0 aliphatic rings. The quantitative estimate of drug-likeness (QED) is 0.679. The van der Waals surface area contributed by atoms with Crippen LogP contribution in [0, 0.1) is 0 Å². The fourth-order valence-corrected chi connectivity index (χ4v) is 4.53. The highest BCUT2D eigenvalue weighted by molar-refractivity contribution is 7.91. The van der Waals surface area contributed by atoms with E-state index < -0.39 is 15.1 Å². The molecule has 0 saturated carbocycles. The van der Waals surface area contributed by atoms with Gasteiger partial charge in [0.1, 0.15) is 0 Å². The molecule has 0 aliphatic heterocycles. The van der Waals surface area contributed by atoms with Crippen LogP contribution in [0.25, 0.3) is 11.0 Å². The van der Waals surface area contributed by atoms with Crippen LogP contribution in [0.5, 0.6) is 0 Å². The normalized spacial score (nSPS) is 13.2. The first-order chi connectivity index (χ1) is 11.5. The van der Waals surface area contributed by atoms with Crippen molar-refractivity contribution in [3.05, 3.63) is 60.2 Å². The molecule has 0 bridgehead atoms. The Morgan fingerprint density at radius 1 is 1.04 bits per heavy atom. The average Bonchev–Trinajstić information content (AvgIpc) is 2.95. The molecule has 3 rings (SSSR count). The van der Waals surface area contributed by atoms with E-state index in [2.05, 4.69) is 4.98 Å². The van der Waals surface area contributed by atoms with Gasteiger partial charge in [-0.05, 0) is 31.0 Å². The maximum absolute atomic E-state index is 13.0. The number of para-hydroxylation sites is 2. The molecule has 4 nitrogen and oxygen atoms in total. The number of hydrogen-bond acceptors (Lipinski definition) is 3. The van der Waals surface area contributed by atoms with Gasteiger partial charge >= 0.3 is 0 Å². The van der Waals surface area contributed by atoms with Crippen LogP contribution in [0.15, 0.2) is 59.8 Å². The standard InChI is InChI=1S/C19H22N2O2S/c1-3-9-15(2)24(22,23)19-20-17-12-7-8-13-18(17)21(19)14-16-10-5-4-6-11-16/h4-8,10-13,15H,3,9,14H2,1-2H3/t15-/m0/s1. The van der Waals surface area contributed by atoms with Gasteiger partial charge in [0, 0.05) is 0 Å². The Bertz CT molecular complexity index is 930. The van der Waals surface area contributed by atoms with Gasteiger partial charge < -0.3 is 4.57 Å². The number of rotatable bonds is 6. The molecule has 2 aromatic carbocycles. The van der Waals surface area contributed by atoms with E-state index in [9.17, 15) is 8.42 Å². The molecule has 1 heterocycles. The maximum atomic E-state index is 13.0. The first-order valence-electron chi connectivity index (χ1n) is 8.27. The monoisotopic (exact) mass is 342 g/mol. The lowest BCUT2D eigenvalue weighted by Gasteiger charge is -2.14.